The minimum Gasteiger partial charge on any atom is -2.00 e. The molecule has 0 unspecified atom stereocenters. The Morgan fingerprint density at radius 3 is 1.00 bits per heavy atom. The summed E-state index contributed by atoms with van der Waals surface area (Å²) in [6.45, 7) is 0. The van der Waals surface area contributed by atoms with Gasteiger partial charge in [-0.05, 0) is 0 Å². The van der Waals surface area contributed by atoms with Crippen molar-refractivity contribution in [3.63, 3.8) is 0 Å². The second kappa shape index (κ2) is 24.6. The molecule has 0 spiro atoms. The van der Waals surface area contributed by atoms with Crippen molar-refractivity contribution in [3.05, 3.63) is 0 Å². The topological polar surface area (TPSA) is 28.5 Å². The van der Waals surface area contributed by atoms with Crippen molar-refractivity contribution in [2.24, 2.45) is 0 Å². The molecule has 0 aliphatic rings. The molecule has 0 atom stereocenters. The van der Waals surface area contributed by atoms with Gasteiger partial charge in [-0.25, -0.2) is 0 Å². The van der Waals surface area contributed by atoms with Crippen LogP contribution in [0.3, 0.4) is 0 Å². The van der Waals surface area contributed by atoms with E-state index in [4.69, 9.17) is 0 Å². The molecule has 4 heteroatoms. The third kappa shape index (κ3) is 9.74. The Bertz CT molecular complexity index is 8.00. The Hall–Kier alpha value is 1.49. The van der Waals surface area contributed by atoms with E-state index < -0.39 is 0 Å². The van der Waals surface area contributed by atoms with Gasteiger partial charge in [-0.3, -0.25) is 0 Å². The van der Waals surface area contributed by atoms with Crippen LogP contribution in [0.5, 0.6) is 0 Å². The fraction of sp³-hybridized carbons (Fsp3) is 0. The largest absolute Gasteiger partial charge is 3.00 e. The SMILES string of the molecule is [Co+2].[Cr+3].[Ni+2].[O-2]. The number of hydrogen-bond donors (Lipinski definition) is 0. The van der Waals surface area contributed by atoms with Crippen LogP contribution in [-0.4, -0.2) is 0 Å². The summed E-state index contributed by atoms with van der Waals surface area (Å²) in [7, 11) is 0. The van der Waals surface area contributed by atoms with Gasteiger partial charge in [0.2, 0.25) is 0 Å². The summed E-state index contributed by atoms with van der Waals surface area (Å²) in [5, 5.41) is 0. The van der Waals surface area contributed by atoms with Gasteiger partial charge in [0.15, 0.2) is 0 Å². The normalized spacial score (nSPS) is 0. The molecule has 0 aromatic carbocycles. The Kier molecular flexibility index (Phi) is 306. The van der Waals surface area contributed by atoms with Crippen LogP contribution in [0.4, 0.5) is 0 Å². The standard InChI is InChI=1S/Co.Cr.Ni.O/q+2;+3;+2;-2. The van der Waals surface area contributed by atoms with Gasteiger partial charge < -0.3 is 5.48 Å². The maximum atomic E-state index is 0. The summed E-state index contributed by atoms with van der Waals surface area (Å²) >= 11 is 0. The minimum atomic E-state index is 0. The first-order valence-corrected chi connectivity index (χ1v) is 0. The van der Waals surface area contributed by atoms with Gasteiger partial charge in [-0.15, -0.1) is 0 Å². The molecule has 0 amide bonds. The second-order valence-electron chi connectivity index (χ2n) is 0. The third-order valence-electron chi connectivity index (χ3n) is 0. The number of rotatable bonds is 0. The quantitative estimate of drug-likeness (QED) is 0.471. The van der Waals surface area contributed by atoms with Crippen molar-refractivity contribution >= 4 is 0 Å². The van der Waals surface area contributed by atoms with Crippen LogP contribution in [-0.2, 0) is 56.1 Å². The molecule has 0 aromatic heterocycles. The van der Waals surface area contributed by atoms with Crippen LogP contribution in [0, 0.1) is 0 Å². The molecular formula is CoCrNiO+5. The van der Waals surface area contributed by atoms with Gasteiger partial charge in [0, 0.05) is 0 Å². The van der Waals surface area contributed by atoms with E-state index in [1.165, 1.54) is 0 Å². The number of hydrogen-bond acceptors (Lipinski definition) is 0. The van der Waals surface area contributed by atoms with Gasteiger partial charge in [-0.1, -0.05) is 0 Å². The maximum Gasteiger partial charge on any atom is 3.00 e. The molecule has 0 rings (SSSR count). The van der Waals surface area contributed by atoms with Crippen molar-refractivity contribution < 1.29 is 56.1 Å². The monoisotopic (exact) mass is 185 g/mol. The summed E-state index contributed by atoms with van der Waals surface area (Å²) in [6.07, 6.45) is 0. The molecular weight excluding hydrogens is 186 g/mol. The van der Waals surface area contributed by atoms with Crippen LogP contribution in [0.15, 0.2) is 0 Å². The van der Waals surface area contributed by atoms with Crippen LogP contribution in [0.25, 0.3) is 0 Å². The van der Waals surface area contributed by atoms with E-state index in [-0.39, 0.29) is 56.1 Å². The van der Waals surface area contributed by atoms with Crippen molar-refractivity contribution in [2.75, 3.05) is 0 Å². The molecule has 0 saturated heterocycles. The van der Waals surface area contributed by atoms with Gasteiger partial charge in [0.25, 0.3) is 0 Å². The molecule has 1 nitrogen and oxygen atoms in total. The average Bonchev–Trinajstić information content (AvgIpc) is 0. The van der Waals surface area contributed by atoms with Gasteiger partial charge >= 0.3 is 50.6 Å². The summed E-state index contributed by atoms with van der Waals surface area (Å²) in [5.74, 6) is 0. The Balaban J connectivity index is 0. The van der Waals surface area contributed by atoms with Crippen LogP contribution >= 0.6 is 0 Å². The zero-order valence-corrected chi connectivity index (χ0v) is 4.77. The minimum absolute atomic E-state index is 0. The molecule has 0 aliphatic heterocycles. The fourth-order valence-corrected chi connectivity index (χ4v) is 0. The van der Waals surface area contributed by atoms with E-state index >= 15 is 0 Å². The molecule has 26 valence electrons. The molecule has 0 aliphatic carbocycles. The third-order valence-corrected chi connectivity index (χ3v) is 0. The van der Waals surface area contributed by atoms with E-state index in [2.05, 4.69) is 0 Å². The van der Waals surface area contributed by atoms with Crippen molar-refractivity contribution in [1.82, 2.24) is 0 Å². The average molecular weight is 186 g/mol. The van der Waals surface area contributed by atoms with E-state index in [9.17, 15) is 0 Å². The summed E-state index contributed by atoms with van der Waals surface area (Å²) in [5.41, 5.74) is 0. The maximum absolute atomic E-state index is 0. The molecule has 0 heterocycles. The van der Waals surface area contributed by atoms with Crippen LogP contribution < -0.4 is 0 Å². The second-order valence-corrected chi connectivity index (χ2v) is 0. The summed E-state index contributed by atoms with van der Waals surface area (Å²) in [4.78, 5) is 0. The molecule has 0 bridgehead atoms. The van der Waals surface area contributed by atoms with Crippen molar-refractivity contribution in [2.45, 2.75) is 0 Å². The van der Waals surface area contributed by atoms with Crippen molar-refractivity contribution in [1.29, 1.82) is 0 Å². The van der Waals surface area contributed by atoms with E-state index in [0.717, 1.165) is 0 Å². The fourth-order valence-electron chi connectivity index (χ4n) is 0. The molecule has 0 saturated carbocycles. The van der Waals surface area contributed by atoms with Gasteiger partial charge in [0.1, 0.15) is 0 Å². The summed E-state index contributed by atoms with van der Waals surface area (Å²) < 4.78 is 0. The first-order valence-electron chi connectivity index (χ1n) is 0. The van der Waals surface area contributed by atoms with Crippen LogP contribution in [0.1, 0.15) is 0 Å². The molecule has 0 N–H and O–H groups in total. The van der Waals surface area contributed by atoms with Gasteiger partial charge in [-0.2, -0.15) is 0 Å². The Morgan fingerprint density at radius 2 is 1.00 bits per heavy atom. The summed E-state index contributed by atoms with van der Waals surface area (Å²) in [6, 6.07) is 0. The molecule has 4 heavy (non-hydrogen) atoms. The molecule has 0 aromatic rings. The smallest absolute Gasteiger partial charge is 2.00 e. The van der Waals surface area contributed by atoms with E-state index in [1.54, 1.807) is 0 Å². The predicted molar refractivity (Wildman–Crippen MR) is 0.686 cm³/mol. The van der Waals surface area contributed by atoms with Crippen LogP contribution in [0.2, 0.25) is 0 Å². The first kappa shape index (κ1) is 49.8. The van der Waals surface area contributed by atoms with Gasteiger partial charge in [0.05, 0.1) is 0 Å². The molecule has 0 fully saturated rings. The first-order chi connectivity index (χ1) is 0. The van der Waals surface area contributed by atoms with Crippen molar-refractivity contribution in [3.8, 4) is 0 Å². The zero-order chi connectivity index (χ0) is 0. The molecule has 2 radical (unpaired) electrons. The Labute approximate surface area is 56.1 Å². The predicted octanol–water partition coefficient (Wildman–Crippen LogP) is -0.126. The van der Waals surface area contributed by atoms with E-state index in [1.807, 2.05) is 0 Å². The zero-order valence-electron chi connectivity index (χ0n) is 1.47. The van der Waals surface area contributed by atoms with E-state index in [0.29, 0.717) is 0 Å². The Morgan fingerprint density at radius 1 is 1.00 bits per heavy atom.